The largest absolute Gasteiger partial charge is 0.393 e. The molecule has 0 spiro atoms. The van der Waals surface area contributed by atoms with Crippen LogP contribution >= 0.6 is 0 Å². The van der Waals surface area contributed by atoms with Gasteiger partial charge in [0, 0.05) is 6.42 Å². The molecule has 1 aliphatic carbocycles. The molecule has 1 fully saturated rings. The summed E-state index contributed by atoms with van der Waals surface area (Å²) in [6, 6.07) is 0. The molecule has 1 aliphatic rings. The van der Waals surface area contributed by atoms with Crippen LogP contribution in [0.15, 0.2) is 0 Å². The maximum atomic E-state index is 10.7. The van der Waals surface area contributed by atoms with Crippen LogP contribution in [0.1, 0.15) is 33.6 Å². The van der Waals surface area contributed by atoms with Crippen LogP contribution in [-0.2, 0) is 4.79 Å². The molecule has 76 valence electrons. The maximum absolute atomic E-state index is 10.7. The molecule has 0 aromatic carbocycles. The summed E-state index contributed by atoms with van der Waals surface area (Å²) in [5.41, 5.74) is 5.20. The van der Waals surface area contributed by atoms with Gasteiger partial charge in [-0.1, -0.05) is 13.8 Å². The molecule has 1 rings (SSSR count). The molecule has 3 N–H and O–H groups in total. The van der Waals surface area contributed by atoms with Gasteiger partial charge in [0.2, 0.25) is 5.91 Å². The van der Waals surface area contributed by atoms with Crippen molar-refractivity contribution in [1.82, 2.24) is 0 Å². The van der Waals surface area contributed by atoms with Gasteiger partial charge in [-0.05, 0) is 30.6 Å². The molecular weight excluding hydrogens is 166 g/mol. The van der Waals surface area contributed by atoms with E-state index in [0.29, 0.717) is 18.3 Å². The van der Waals surface area contributed by atoms with Crippen molar-refractivity contribution >= 4 is 5.91 Å². The van der Waals surface area contributed by atoms with Crippen LogP contribution in [0.25, 0.3) is 0 Å². The van der Waals surface area contributed by atoms with E-state index in [0.717, 1.165) is 6.42 Å². The van der Waals surface area contributed by atoms with E-state index in [1.54, 1.807) is 0 Å². The SMILES string of the molecule is CC(O)C1CC(CC(N)=O)C1(C)C. The Morgan fingerprint density at radius 2 is 2.23 bits per heavy atom. The van der Waals surface area contributed by atoms with Crippen molar-refractivity contribution in [3.8, 4) is 0 Å². The van der Waals surface area contributed by atoms with Gasteiger partial charge in [0.15, 0.2) is 0 Å². The number of aliphatic hydroxyl groups is 1. The van der Waals surface area contributed by atoms with E-state index < -0.39 is 0 Å². The Morgan fingerprint density at radius 1 is 1.69 bits per heavy atom. The van der Waals surface area contributed by atoms with Crippen LogP contribution in [0.4, 0.5) is 0 Å². The average molecular weight is 185 g/mol. The van der Waals surface area contributed by atoms with Crippen molar-refractivity contribution in [1.29, 1.82) is 0 Å². The van der Waals surface area contributed by atoms with Crippen molar-refractivity contribution in [2.24, 2.45) is 23.0 Å². The van der Waals surface area contributed by atoms with Crippen molar-refractivity contribution in [3.05, 3.63) is 0 Å². The highest BCUT2D eigenvalue weighted by Gasteiger charge is 2.49. The molecule has 0 aromatic heterocycles. The van der Waals surface area contributed by atoms with E-state index in [2.05, 4.69) is 13.8 Å². The molecule has 13 heavy (non-hydrogen) atoms. The lowest BCUT2D eigenvalue weighted by atomic mass is 9.52. The van der Waals surface area contributed by atoms with Crippen LogP contribution in [0.3, 0.4) is 0 Å². The standard InChI is InChI=1S/C10H19NO2/c1-6(12)8-4-7(5-9(11)13)10(8,2)3/h6-8,12H,4-5H2,1-3H3,(H2,11,13). The lowest BCUT2D eigenvalue weighted by Crippen LogP contribution is -2.50. The zero-order valence-electron chi connectivity index (χ0n) is 8.58. The summed E-state index contributed by atoms with van der Waals surface area (Å²) in [5, 5.41) is 9.44. The molecular formula is C10H19NO2. The predicted octanol–water partition coefficient (Wildman–Crippen LogP) is 0.905. The lowest BCUT2D eigenvalue weighted by Gasteiger charge is -2.53. The lowest BCUT2D eigenvalue weighted by molar-refractivity contribution is -0.129. The fraction of sp³-hybridized carbons (Fsp3) is 0.900. The summed E-state index contributed by atoms with van der Waals surface area (Å²) >= 11 is 0. The molecule has 3 heteroatoms. The van der Waals surface area contributed by atoms with Crippen LogP contribution in [0, 0.1) is 17.3 Å². The second-order valence-corrected chi connectivity index (χ2v) is 4.77. The fourth-order valence-electron chi connectivity index (χ4n) is 2.46. The number of amides is 1. The second kappa shape index (κ2) is 3.29. The first kappa shape index (κ1) is 10.5. The van der Waals surface area contributed by atoms with Crippen LogP contribution in [-0.4, -0.2) is 17.1 Å². The molecule has 0 radical (unpaired) electrons. The number of hydrogen-bond donors (Lipinski definition) is 2. The van der Waals surface area contributed by atoms with Gasteiger partial charge >= 0.3 is 0 Å². The Balaban J connectivity index is 2.54. The van der Waals surface area contributed by atoms with Crippen molar-refractivity contribution in [2.45, 2.75) is 39.7 Å². The van der Waals surface area contributed by atoms with E-state index in [1.807, 2.05) is 6.92 Å². The minimum absolute atomic E-state index is 0.0587. The van der Waals surface area contributed by atoms with Crippen LogP contribution in [0.5, 0.6) is 0 Å². The normalized spacial score (nSPS) is 33.5. The Morgan fingerprint density at radius 3 is 2.54 bits per heavy atom. The predicted molar refractivity (Wildman–Crippen MR) is 50.9 cm³/mol. The zero-order valence-corrected chi connectivity index (χ0v) is 8.58. The second-order valence-electron chi connectivity index (χ2n) is 4.77. The third-order valence-corrected chi connectivity index (χ3v) is 3.58. The first-order valence-electron chi connectivity index (χ1n) is 4.82. The van der Waals surface area contributed by atoms with Gasteiger partial charge < -0.3 is 10.8 Å². The van der Waals surface area contributed by atoms with Gasteiger partial charge in [-0.25, -0.2) is 0 Å². The van der Waals surface area contributed by atoms with Crippen molar-refractivity contribution in [3.63, 3.8) is 0 Å². The number of carbonyl (C=O) groups is 1. The minimum atomic E-state index is -0.279. The van der Waals surface area contributed by atoms with Crippen LogP contribution < -0.4 is 5.73 Å². The number of primary amides is 1. The van der Waals surface area contributed by atoms with Crippen molar-refractivity contribution < 1.29 is 9.90 Å². The summed E-state index contributed by atoms with van der Waals surface area (Å²) in [7, 11) is 0. The highest BCUT2D eigenvalue weighted by molar-refractivity contribution is 5.74. The van der Waals surface area contributed by atoms with Gasteiger partial charge in [-0.2, -0.15) is 0 Å². The Hall–Kier alpha value is -0.570. The Kier molecular flexibility index (Phi) is 2.66. The summed E-state index contributed by atoms with van der Waals surface area (Å²) < 4.78 is 0. The summed E-state index contributed by atoms with van der Waals surface area (Å²) in [6.07, 6.45) is 1.10. The fourth-order valence-corrected chi connectivity index (χ4v) is 2.46. The van der Waals surface area contributed by atoms with Crippen molar-refractivity contribution in [2.75, 3.05) is 0 Å². The molecule has 0 heterocycles. The minimum Gasteiger partial charge on any atom is -0.393 e. The maximum Gasteiger partial charge on any atom is 0.217 e. The monoisotopic (exact) mass is 185 g/mol. The van der Waals surface area contributed by atoms with Gasteiger partial charge in [-0.15, -0.1) is 0 Å². The highest BCUT2D eigenvalue weighted by atomic mass is 16.3. The van der Waals surface area contributed by atoms with E-state index in [1.165, 1.54) is 0 Å². The summed E-state index contributed by atoms with van der Waals surface area (Å²) in [6.45, 7) is 6.01. The molecule has 1 saturated carbocycles. The molecule has 1 amide bonds. The smallest absolute Gasteiger partial charge is 0.217 e. The molecule has 0 bridgehead atoms. The van der Waals surface area contributed by atoms with Gasteiger partial charge in [0.25, 0.3) is 0 Å². The third kappa shape index (κ3) is 1.85. The first-order valence-corrected chi connectivity index (χ1v) is 4.82. The Bertz CT molecular complexity index is 211. The first-order chi connectivity index (χ1) is 5.85. The van der Waals surface area contributed by atoms with Crippen LogP contribution in [0.2, 0.25) is 0 Å². The van der Waals surface area contributed by atoms with Gasteiger partial charge in [0.1, 0.15) is 0 Å². The molecule has 0 saturated heterocycles. The zero-order chi connectivity index (χ0) is 10.2. The molecule has 3 unspecified atom stereocenters. The number of hydrogen-bond acceptors (Lipinski definition) is 2. The molecule has 3 atom stereocenters. The molecule has 0 aliphatic heterocycles. The molecule has 0 aromatic rings. The van der Waals surface area contributed by atoms with Gasteiger partial charge in [-0.3, -0.25) is 4.79 Å². The van der Waals surface area contributed by atoms with E-state index in [-0.39, 0.29) is 17.4 Å². The highest BCUT2D eigenvalue weighted by Crippen LogP contribution is 2.54. The summed E-state index contributed by atoms with van der Waals surface area (Å²) in [4.78, 5) is 10.7. The molecule has 3 nitrogen and oxygen atoms in total. The number of rotatable bonds is 3. The van der Waals surface area contributed by atoms with E-state index in [9.17, 15) is 9.90 Å². The quantitative estimate of drug-likeness (QED) is 0.686. The van der Waals surface area contributed by atoms with E-state index in [4.69, 9.17) is 5.73 Å². The summed E-state index contributed by atoms with van der Waals surface area (Å²) in [5.74, 6) is 0.434. The number of carbonyl (C=O) groups excluding carboxylic acids is 1. The van der Waals surface area contributed by atoms with E-state index >= 15 is 0 Å². The average Bonchev–Trinajstić information content (AvgIpc) is 1.96. The number of nitrogens with two attached hydrogens (primary N) is 1. The topological polar surface area (TPSA) is 63.3 Å². The van der Waals surface area contributed by atoms with Gasteiger partial charge in [0.05, 0.1) is 6.10 Å². The Labute approximate surface area is 79.3 Å². The third-order valence-electron chi connectivity index (χ3n) is 3.58. The number of aliphatic hydroxyl groups excluding tert-OH is 1.